The van der Waals surface area contributed by atoms with Gasteiger partial charge in [0, 0.05) is 9.79 Å². The first-order valence-corrected chi connectivity index (χ1v) is 23.6. The minimum atomic E-state index is 1.28. The lowest BCUT2D eigenvalue weighted by molar-refractivity contribution is 0.529. The monoisotopic (exact) mass is 689 g/mol. The number of hydrogen-bond donors (Lipinski definition) is 0. The van der Waals surface area contributed by atoms with E-state index in [-0.39, 0.29) is 0 Å². The van der Waals surface area contributed by atoms with Crippen LogP contribution in [-0.2, 0) is 0 Å². The van der Waals surface area contributed by atoms with Crippen LogP contribution < -0.4 is 0 Å². The Morgan fingerprint density at radius 1 is 0.298 bits per heavy atom. The van der Waals surface area contributed by atoms with Crippen LogP contribution in [0.5, 0.6) is 0 Å². The van der Waals surface area contributed by atoms with E-state index in [2.05, 4.69) is 62.5 Å². The van der Waals surface area contributed by atoms with Gasteiger partial charge < -0.3 is 0 Å². The second-order valence-corrected chi connectivity index (χ2v) is 17.3. The third-order valence-corrected chi connectivity index (χ3v) is 12.2. The highest BCUT2D eigenvalue weighted by Gasteiger charge is 2.02. The molecule has 1 rings (SSSR count). The Balaban J connectivity index is 1.88. The van der Waals surface area contributed by atoms with Crippen molar-refractivity contribution in [3.63, 3.8) is 0 Å². The van der Waals surface area contributed by atoms with Crippen molar-refractivity contribution in [2.45, 2.75) is 249 Å². The van der Waals surface area contributed by atoms with Gasteiger partial charge in [-0.3, -0.25) is 0 Å². The molecule has 0 unspecified atom stereocenters. The summed E-state index contributed by atoms with van der Waals surface area (Å²) in [5, 5.41) is 0. The molecule has 0 saturated heterocycles. The summed E-state index contributed by atoms with van der Waals surface area (Å²) in [6, 6.07) is 7.26. The standard InChI is InChI=1S/C45H84S2/c1-4-6-8-10-12-14-16-18-20-22-24-26-28-30-32-34-36-38-46-44-40-43(3)41-45(42-44)47-39-37-35-33-31-29-27-25-23-21-19-17-15-13-11-9-7-5-2/h40-42H,4-39H2,1-3H3. The number of aryl methyl sites for hydroxylation is 1. The molecular weight excluding hydrogens is 605 g/mol. The molecule has 0 aliphatic heterocycles. The quantitative estimate of drug-likeness (QED) is 0.0501. The van der Waals surface area contributed by atoms with Crippen LogP contribution >= 0.6 is 23.5 Å². The summed E-state index contributed by atoms with van der Waals surface area (Å²) < 4.78 is 0. The van der Waals surface area contributed by atoms with Crippen LogP contribution in [0, 0.1) is 6.92 Å². The van der Waals surface area contributed by atoms with Crippen LogP contribution in [0.15, 0.2) is 28.0 Å². The van der Waals surface area contributed by atoms with Crippen molar-refractivity contribution in [3.05, 3.63) is 23.8 Å². The minimum Gasteiger partial charge on any atom is -0.126 e. The first kappa shape index (κ1) is 44.9. The van der Waals surface area contributed by atoms with Gasteiger partial charge in [-0.25, -0.2) is 0 Å². The molecule has 0 N–H and O–H groups in total. The Bertz CT molecular complexity index is 685. The summed E-state index contributed by atoms with van der Waals surface area (Å²) in [5.41, 5.74) is 1.43. The summed E-state index contributed by atoms with van der Waals surface area (Å²) in [7, 11) is 0. The Morgan fingerprint density at radius 2 is 0.511 bits per heavy atom. The second kappa shape index (κ2) is 37.2. The number of thioether (sulfide) groups is 2. The molecule has 0 atom stereocenters. The zero-order valence-electron chi connectivity index (χ0n) is 32.5. The van der Waals surface area contributed by atoms with Crippen LogP contribution in [0.3, 0.4) is 0 Å². The Hall–Kier alpha value is -0.0800. The van der Waals surface area contributed by atoms with E-state index in [1.54, 1.807) is 0 Å². The number of unbranched alkanes of at least 4 members (excludes halogenated alkanes) is 32. The van der Waals surface area contributed by atoms with Crippen molar-refractivity contribution in [2.75, 3.05) is 11.5 Å². The van der Waals surface area contributed by atoms with Crippen molar-refractivity contribution in [3.8, 4) is 0 Å². The molecule has 0 radical (unpaired) electrons. The zero-order chi connectivity index (χ0) is 33.7. The lowest BCUT2D eigenvalue weighted by atomic mass is 10.0. The van der Waals surface area contributed by atoms with E-state index in [1.807, 2.05) is 0 Å². The van der Waals surface area contributed by atoms with Gasteiger partial charge in [-0.1, -0.05) is 219 Å². The highest BCUT2D eigenvalue weighted by Crippen LogP contribution is 2.29. The summed E-state index contributed by atoms with van der Waals surface area (Å²) in [6.45, 7) is 6.89. The number of hydrogen-bond acceptors (Lipinski definition) is 2. The van der Waals surface area contributed by atoms with Crippen molar-refractivity contribution in [1.82, 2.24) is 0 Å². The average Bonchev–Trinajstić information content (AvgIpc) is 3.07. The van der Waals surface area contributed by atoms with Crippen molar-refractivity contribution < 1.29 is 0 Å². The van der Waals surface area contributed by atoms with E-state index in [4.69, 9.17) is 0 Å². The van der Waals surface area contributed by atoms with E-state index < -0.39 is 0 Å². The molecule has 0 nitrogen and oxygen atoms in total. The Morgan fingerprint density at radius 3 is 0.745 bits per heavy atom. The normalized spacial score (nSPS) is 11.6. The first-order valence-electron chi connectivity index (χ1n) is 21.6. The molecule has 0 aliphatic rings. The second-order valence-electron chi connectivity index (χ2n) is 15.0. The van der Waals surface area contributed by atoms with Crippen molar-refractivity contribution in [2.24, 2.45) is 0 Å². The van der Waals surface area contributed by atoms with Gasteiger partial charge in [0.1, 0.15) is 0 Å². The fourth-order valence-electron chi connectivity index (χ4n) is 6.91. The van der Waals surface area contributed by atoms with Gasteiger partial charge in [-0.05, 0) is 55.0 Å². The maximum atomic E-state index is 2.46. The maximum absolute atomic E-state index is 2.46. The third kappa shape index (κ3) is 32.9. The SMILES string of the molecule is CCCCCCCCCCCCCCCCCCCSc1cc(C)cc(SCCCCCCCCCCCCCCCCCCC)c1. The highest BCUT2D eigenvalue weighted by molar-refractivity contribution is 8.00. The first-order chi connectivity index (χ1) is 23.3. The van der Waals surface area contributed by atoms with E-state index in [0.717, 1.165) is 0 Å². The van der Waals surface area contributed by atoms with E-state index in [9.17, 15) is 0 Å². The fraction of sp³-hybridized carbons (Fsp3) is 0.867. The van der Waals surface area contributed by atoms with E-state index in [1.165, 1.54) is 245 Å². The van der Waals surface area contributed by atoms with Crippen LogP contribution in [-0.4, -0.2) is 11.5 Å². The molecule has 0 saturated carbocycles. The van der Waals surface area contributed by atoms with Gasteiger partial charge in [0.15, 0.2) is 0 Å². The van der Waals surface area contributed by atoms with Gasteiger partial charge in [0.05, 0.1) is 0 Å². The van der Waals surface area contributed by atoms with Crippen LogP contribution in [0.1, 0.15) is 238 Å². The molecule has 0 heterocycles. The molecule has 0 aromatic heterocycles. The minimum absolute atomic E-state index is 1.28. The van der Waals surface area contributed by atoms with Gasteiger partial charge >= 0.3 is 0 Å². The number of rotatable bonds is 38. The van der Waals surface area contributed by atoms with Gasteiger partial charge in [0.2, 0.25) is 0 Å². The van der Waals surface area contributed by atoms with E-state index >= 15 is 0 Å². The van der Waals surface area contributed by atoms with Crippen LogP contribution in [0.2, 0.25) is 0 Å². The molecule has 0 fully saturated rings. The Labute approximate surface area is 306 Å². The van der Waals surface area contributed by atoms with Gasteiger partial charge in [0.25, 0.3) is 0 Å². The highest BCUT2D eigenvalue weighted by atomic mass is 32.2. The molecule has 0 bridgehead atoms. The molecule has 0 spiro atoms. The van der Waals surface area contributed by atoms with Gasteiger partial charge in [-0.2, -0.15) is 0 Å². The largest absolute Gasteiger partial charge is 0.126 e. The molecule has 0 amide bonds. The topological polar surface area (TPSA) is 0 Å². The molecule has 0 aliphatic carbocycles. The average molecular weight is 689 g/mol. The maximum Gasteiger partial charge on any atom is 0.00857 e. The summed E-state index contributed by atoms with van der Waals surface area (Å²) in [6.07, 6.45) is 49.3. The van der Waals surface area contributed by atoms with E-state index in [0.29, 0.717) is 0 Å². The van der Waals surface area contributed by atoms with Crippen molar-refractivity contribution in [1.29, 1.82) is 0 Å². The predicted octanol–water partition coefficient (Wildman–Crippen LogP) is 17.5. The molecule has 2 heteroatoms. The number of benzene rings is 1. The molecule has 1 aromatic carbocycles. The Kier molecular flexibility index (Phi) is 35.6. The molecule has 1 aromatic rings. The summed E-state index contributed by atoms with van der Waals surface area (Å²) in [5.74, 6) is 2.57. The molecule has 47 heavy (non-hydrogen) atoms. The third-order valence-electron chi connectivity index (χ3n) is 10.1. The smallest absolute Gasteiger partial charge is 0.00857 e. The van der Waals surface area contributed by atoms with Crippen LogP contribution in [0.4, 0.5) is 0 Å². The summed E-state index contributed by atoms with van der Waals surface area (Å²) >= 11 is 4.18. The van der Waals surface area contributed by atoms with Crippen LogP contribution in [0.25, 0.3) is 0 Å². The lowest BCUT2D eigenvalue weighted by Gasteiger charge is -2.08. The fourth-order valence-corrected chi connectivity index (χ4v) is 9.12. The summed E-state index contributed by atoms with van der Waals surface area (Å²) in [4.78, 5) is 2.98. The predicted molar refractivity (Wildman–Crippen MR) is 221 cm³/mol. The van der Waals surface area contributed by atoms with Crippen molar-refractivity contribution >= 4 is 23.5 Å². The molecular formula is C45H84S2. The van der Waals surface area contributed by atoms with Gasteiger partial charge in [-0.15, -0.1) is 23.5 Å². The lowest BCUT2D eigenvalue weighted by Crippen LogP contribution is -1.87. The zero-order valence-corrected chi connectivity index (χ0v) is 34.1. The molecule has 276 valence electrons.